The van der Waals surface area contributed by atoms with E-state index in [1.54, 1.807) is 0 Å². The number of carboxylic acids is 1. The molecule has 2 aliphatic rings. The van der Waals surface area contributed by atoms with E-state index in [1.165, 1.54) is 7.11 Å². The topological polar surface area (TPSA) is 132 Å². The number of aliphatic carboxylic acids is 1. The Labute approximate surface area is 202 Å². The predicted molar refractivity (Wildman–Crippen MR) is 124 cm³/mol. The van der Waals surface area contributed by atoms with Gasteiger partial charge in [0.1, 0.15) is 12.1 Å². The Balaban J connectivity index is 1.42. The van der Waals surface area contributed by atoms with Gasteiger partial charge in [0, 0.05) is 39.1 Å². The largest absolute Gasteiger partial charge is 0.479 e. The zero-order valence-electron chi connectivity index (χ0n) is 19.3. The molecular weight excluding hydrogens is 456 g/mol. The number of carboxylic acid groups (broad SMARTS) is 1. The van der Waals surface area contributed by atoms with Crippen molar-refractivity contribution in [3.63, 3.8) is 0 Å². The third-order valence-electron chi connectivity index (χ3n) is 6.35. The highest BCUT2D eigenvalue weighted by Crippen LogP contribution is 2.44. The summed E-state index contributed by atoms with van der Waals surface area (Å²) in [6, 6.07) is 16.0. The SMILES string of the molecule is COCC(ONC(=O)C1(NC(=O)OCC2c3ccccc3-c3ccccc32)CCOCC1)C(=O)O. The van der Waals surface area contributed by atoms with Crippen LogP contribution in [0.15, 0.2) is 48.5 Å². The summed E-state index contributed by atoms with van der Waals surface area (Å²) in [5.41, 5.74) is 5.17. The molecule has 1 fully saturated rings. The highest BCUT2D eigenvalue weighted by atomic mass is 16.7. The number of hydrogen-bond donors (Lipinski definition) is 3. The molecule has 1 atom stereocenters. The second-order valence-electron chi connectivity index (χ2n) is 8.48. The quantitative estimate of drug-likeness (QED) is 0.462. The molecule has 2 aromatic carbocycles. The lowest BCUT2D eigenvalue weighted by atomic mass is 9.89. The summed E-state index contributed by atoms with van der Waals surface area (Å²) in [4.78, 5) is 42.1. The molecule has 0 saturated carbocycles. The zero-order valence-corrected chi connectivity index (χ0v) is 19.3. The van der Waals surface area contributed by atoms with E-state index in [9.17, 15) is 19.5 Å². The van der Waals surface area contributed by atoms with Gasteiger partial charge in [-0.05, 0) is 22.3 Å². The first kappa shape index (κ1) is 24.6. The fourth-order valence-electron chi connectivity index (χ4n) is 4.49. The minimum absolute atomic E-state index is 0.0967. The number of hydrogen-bond acceptors (Lipinski definition) is 7. The lowest BCUT2D eigenvalue weighted by Crippen LogP contribution is -2.62. The standard InChI is InChI=1S/C25H28N2O8/c1-32-15-21(22(28)29)35-27-23(30)25(10-12-33-13-11-25)26-24(31)34-14-20-18-8-4-2-6-16(18)17-7-3-5-9-19(17)20/h2-9,20-21H,10-15H2,1H3,(H,26,31)(H,27,30)(H,28,29). The Morgan fingerprint density at radius 3 is 2.23 bits per heavy atom. The van der Waals surface area contributed by atoms with Crippen molar-refractivity contribution in [3.8, 4) is 11.1 Å². The molecule has 10 heteroatoms. The third kappa shape index (κ3) is 5.29. The third-order valence-corrected chi connectivity index (χ3v) is 6.35. The number of hydroxylamine groups is 1. The van der Waals surface area contributed by atoms with Gasteiger partial charge < -0.3 is 24.6 Å². The van der Waals surface area contributed by atoms with E-state index < -0.39 is 29.6 Å². The summed E-state index contributed by atoms with van der Waals surface area (Å²) in [6.07, 6.45) is -1.80. The van der Waals surface area contributed by atoms with Crippen molar-refractivity contribution >= 4 is 18.0 Å². The predicted octanol–water partition coefficient (Wildman–Crippen LogP) is 2.22. The van der Waals surface area contributed by atoms with Crippen molar-refractivity contribution in [2.75, 3.05) is 33.5 Å². The monoisotopic (exact) mass is 484 g/mol. The zero-order chi connectivity index (χ0) is 24.8. The van der Waals surface area contributed by atoms with Crippen LogP contribution in [0.3, 0.4) is 0 Å². The fraction of sp³-hybridized carbons (Fsp3) is 0.400. The summed E-state index contributed by atoms with van der Waals surface area (Å²) < 4.78 is 15.7. The van der Waals surface area contributed by atoms with Gasteiger partial charge in [-0.3, -0.25) is 9.63 Å². The van der Waals surface area contributed by atoms with E-state index in [4.69, 9.17) is 19.0 Å². The molecule has 2 amide bonds. The minimum atomic E-state index is -1.39. The molecule has 186 valence electrons. The molecule has 0 aromatic heterocycles. The molecule has 0 spiro atoms. The van der Waals surface area contributed by atoms with Crippen LogP contribution < -0.4 is 10.8 Å². The molecule has 1 aliphatic heterocycles. The molecule has 0 bridgehead atoms. The number of carbonyl (C=O) groups is 3. The van der Waals surface area contributed by atoms with Crippen LogP contribution in [0, 0.1) is 0 Å². The van der Waals surface area contributed by atoms with E-state index in [-0.39, 0.29) is 45.2 Å². The van der Waals surface area contributed by atoms with E-state index >= 15 is 0 Å². The van der Waals surface area contributed by atoms with Crippen molar-refractivity contribution in [1.29, 1.82) is 0 Å². The Hall–Kier alpha value is -3.47. The average molecular weight is 485 g/mol. The first-order valence-electron chi connectivity index (χ1n) is 11.3. The van der Waals surface area contributed by atoms with Crippen LogP contribution in [0.25, 0.3) is 11.1 Å². The number of nitrogens with one attached hydrogen (secondary N) is 2. The van der Waals surface area contributed by atoms with Crippen molar-refractivity contribution < 1.29 is 38.5 Å². The van der Waals surface area contributed by atoms with E-state index in [0.717, 1.165) is 22.3 Å². The van der Waals surface area contributed by atoms with Crippen LogP contribution in [0.4, 0.5) is 4.79 Å². The summed E-state index contributed by atoms with van der Waals surface area (Å²) in [6.45, 7) is 0.306. The maximum atomic E-state index is 13.0. The number of carbonyl (C=O) groups excluding carboxylic acids is 2. The van der Waals surface area contributed by atoms with Gasteiger partial charge in [0.15, 0.2) is 0 Å². The van der Waals surface area contributed by atoms with Gasteiger partial charge in [-0.2, -0.15) is 0 Å². The lowest BCUT2D eigenvalue weighted by Gasteiger charge is -2.36. The van der Waals surface area contributed by atoms with Crippen molar-refractivity contribution in [3.05, 3.63) is 59.7 Å². The maximum Gasteiger partial charge on any atom is 0.408 e. The van der Waals surface area contributed by atoms with Gasteiger partial charge in [-0.1, -0.05) is 48.5 Å². The van der Waals surface area contributed by atoms with Crippen LogP contribution in [0.5, 0.6) is 0 Å². The lowest BCUT2D eigenvalue weighted by molar-refractivity contribution is -0.168. The van der Waals surface area contributed by atoms with Gasteiger partial charge in [0.05, 0.1) is 6.61 Å². The first-order chi connectivity index (χ1) is 16.9. The molecule has 1 heterocycles. The van der Waals surface area contributed by atoms with Gasteiger partial charge in [0.2, 0.25) is 6.10 Å². The second kappa shape index (κ2) is 10.9. The van der Waals surface area contributed by atoms with Crippen LogP contribution in [-0.2, 0) is 28.6 Å². The number of methoxy groups -OCH3 is 1. The Bertz CT molecular complexity index is 1040. The Kier molecular flexibility index (Phi) is 7.64. The fourth-order valence-corrected chi connectivity index (χ4v) is 4.49. The molecular formula is C25H28N2O8. The van der Waals surface area contributed by atoms with E-state index in [1.807, 2.05) is 48.5 Å². The number of benzene rings is 2. The summed E-state index contributed by atoms with van der Waals surface area (Å²) >= 11 is 0. The Morgan fingerprint density at radius 1 is 1.06 bits per heavy atom. The van der Waals surface area contributed by atoms with E-state index in [0.29, 0.717) is 0 Å². The van der Waals surface area contributed by atoms with Crippen molar-refractivity contribution in [2.24, 2.45) is 0 Å². The van der Waals surface area contributed by atoms with Gasteiger partial charge >= 0.3 is 12.1 Å². The smallest absolute Gasteiger partial charge is 0.408 e. The van der Waals surface area contributed by atoms with Gasteiger partial charge in [-0.15, -0.1) is 0 Å². The van der Waals surface area contributed by atoms with Crippen LogP contribution >= 0.6 is 0 Å². The summed E-state index contributed by atoms with van der Waals surface area (Å²) in [5, 5.41) is 11.9. The molecule has 1 saturated heterocycles. The number of ether oxygens (including phenoxy) is 3. The van der Waals surface area contributed by atoms with Gasteiger partial charge in [0.25, 0.3) is 5.91 Å². The normalized spacial score (nSPS) is 17.1. The highest BCUT2D eigenvalue weighted by Gasteiger charge is 2.43. The van der Waals surface area contributed by atoms with Crippen LogP contribution in [-0.4, -0.2) is 68.3 Å². The van der Waals surface area contributed by atoms with E-state index in [2.05, 4.69) is 10.8 Å². The molecule has 10 nitrogen and oxygen atoms in total. The minimum Gasteiger partial charge on any atom is -0.479 e. The summed E-state index contributed by atoms with van der Waals surface area (Å²) in [7, 11) is 1.32. The van der Waals surface area contributed by atoms with Crippen LogP contribution in [0.1, 0.15) is 29.9 Å². The number of amides is 2. The van der Waals surface area contributed by atoms with Crippen LogP contribution in [0.2, 0.25) is 0 Å². The number of fused-ring (bicyclic) bond motifs is 3. The number of alkyl carbamates (subject to hydrolysis) is 1. The second-order valence-corrected chi connectivity index (χ2v) is 8.48. The van der Waals surface area contributed by atoms with Gasteiger partial charge in [-0.25, -0.2) is 15.1 Å². The summed E-state index contributed by atoms with van der Waals surface area (Å²) in [5.74, 6) is -2.10. The molecule has 1 unspecified atom stereocenters. The molecule has 0 radical (unpaired) electrons. The molecule has 3 N–H and O–H groups in total. The Morgan fingerprint density at radius 2 is 1.66 bits per heavy atom. The molecule has 2 aromatic rings. The average Bonchev–Trinajstić information content (AvgIpc) is 3.19. The maximum absolute atomic E-state index is 13.0. The van der Waals surface area contributed by atoms with Crippen molar-refractivity contribution in [2.45, 2.75) is 30.4 Å². The number of rotatable bonds is 9. The molecule has 4 rings (SSSR count). The molecule has 1 aliphatic carbocycles. The molecule has 35 heavy (non-hydrogen) atoms. The van der Waals surface area contributed by atoms with Crippen molar-refractivity contribution in [1.82, 2.24) is 10.8 Å². The highest BCUT2D eigenvalue weighted by molar-refractivity contribution is 5.89. The first-order valence-corrected chi connectivity index (χ1v) is 11.3.